The van der Waals surface area contributed by atoms with Crippen molar-refractivity contribution in [3.8, 4) is 0 Å². The average molecular weight is 373 g/mol. The number of benzene rings is 1. The van der Waals surface area contributed by atoms with Crippen LogP contribution in [0, 0.1) is 0 Å². The Morgan fingerprint density at radius 3 is 1.25 bits per heavy atom. The van der Waals surface area contributed by atoms with Gasteiger partial charge in [0.15, 0.2) is 0 Å². The van der Waals surface area contributed by atoms with E-state index in [1.165, 1.54) is 12.8 Å². The van der Waals surface area contributed by atoms with Crippen LogP contribution in [0.1, 0.15) is 26.2 Å². The Balaban J connectivity index is 0. The number of allylic oxidation sites excluding steroid dienone is 12. The van der Waals surface area contributed by atoms with Crippen molar-refractivity contribution in [3.05, 3.63) is 133 Å². The lowest BCUT2D eigenvalue weighted by Crippen LogP contribution is -2.19. The summed E-state index contributed by atoms with van der Waals surface area (Å²) in [5, 5.41) is 2.01. The van der Waals surface area contributed by atoms with E-state index in [9.17, 15) is 0 Å². The lowest BCUT2D eigenvalue weighted by molar-refractivity contribution is 1.04. The third-order valence-corrected chi connectivity index (χ3v) is 3.17. The topological polar surface area (TPSA) is 0 Å². The zero-order valence-corrected chi connectivity index (χ0v) is 17.5. The van der Waals surface area contributed by atoms with Crippen LogP contribution in [-0.2, 0) is 0 Å². The molecular weight excluding hydrogens is 336 g/mol. The van der Waals surface area contributed by atoms with Crippen molar-refractivity contribution in [2.24, 2.45) is 0 Å². The third kappa shape index (κ3) is 22.9. The Labute approximate surface area is 173 Å². The maximum absolute atomic E-state index is 3.76. The maximum Gasteiger partial charge on any atom is -0.0163 e. The summed E-state index contributed by atoms with van der Waals surface area (Å²) in [5.74, 6) is 0. The van der Waals surface area contributed by atoms with E-state index in [1.54, 1.807) is 18.2 Å². The zero-order chi connectivity index (χ0) is 21.5. The molecule has 3 rings (SSSR count). The lowest BCUT2D eigenvalue weighted by atomic mass is 10.2. The molecule has 1 aromatic rings. The minimum atomic E-state index is 1.01. The standard InChI is InChI=1S/C8H8.C6H8.C5H6.C5H8.C4H6/c1-7-5-3-4-6-8(7)2;1-2-4-6-5-3-1;1-2-4-5-3-1;1-4-5(2)3;1-3-4-2/h3-6H,1-2H2;1-4H,5-6H2;1-4H,5H2;4H,1-2H2,3H3;3-4H,1-2H2. The molecule has 0 saturated heterocycles. The smallest absolute Gasteiger partial charge is 0.0163 e. The highest BCUT2D eigenvalue weighted by molar-refractivity contribution is 5.15. The van der Waals surface area contributed by atoms with Gasteiger partial charge in [0, 0.05) is 0 Å². The van der Waals surface area contributed by atoms with Gasteiger partial charge in [-0.15, -0.1) is 0 Å². The molecule has 148 valence electrons. The number of rotatable bonds is 2. The van der Waals surface area contributed by atoms with Crippen LogP contribution in [0.5, 0.6) is 0 Å². The second-order valence-electron chi connectivity index (χ2n) is 5.82. The fourth-order valence-corrected chi connectivity index (χ4v) is 1.49. The van der Waals surface area contributed by atoms with E-state index < -0.39 is 0 Å². The van der Waals surface area contributed by atoms with Crippen LogP contribution in [0.25, 0.3) is 13.2 Å². The monoisotopic (exact) mass is 372 g/mol. The summed E-state index contributed by atoms with van der Waals surface area (Å²) < 4.78 is 0. The summed E-state index contributed by atoms with van der Waals surface area (Å²) in [4.78, 5) is 0. The van der Waals surface area contributed by atoms with Crippen molar-refractivity contribution in [3.63, 3.8) is 0 Å². The van der Waals surface area contributed by atoms with Crippen molar-refractivity contribution in [2.75, 3.05) is 0 Å². The van der Waals surface area contributed by atoms with E-state index in [2.05, 4.69) is 88.1 Å². The Morgan fingerprint density at radius 2 is 1.11 bits per heavy atom. The zero-order valence-electron chi connectivity index (χ0n) is 17.5. The fourth-order valence-electron chi connectivity index (χ4n) is 1.49. The molecule has 0 heterocycles. The summed E-state index contributed by atoms with van der Waals surface area (Å²) in [7, 11) is 0. The Hall–Kier alpha value is -3.12. The first-order valence-electron chi connectivity index (χ1n) is 9.37. The number of hydrogen-bond acceptors (Lipinski definition) is 0. The Bertz CT molecular complexity index is 710. The predicted molar refractivity (Wildman–Crippen MR) is 133 cm³/mol. The molecule has 0 heteroatoms. The first-order valence-corrected chi connectivity index (χ1v) is 9.37. The van der Waals surface area contributed by atoms with Crippen LogP contribution < -0.4 is 10.4 Å². The van der Waals surface area contributed by atoms with Gasteiger partial charge in [0.25, 0.3) is 0 Å². The van der Waals surface area contributed by atoms with Gasteiger partial charge >= 0.3 is 0 Å². The molecule has 0 N–H and O–H groups in total. The van der Waals surface area contributed by atoms with Crippen LogP contribution in [0.15, 0.2) is 123 Å². The number of hydrogen-bond donors (Lipinski definition) is 0. The van der Waals surface area contributed by atoms with Crippen LogP contribution in [0.3, 0.4) is 0 Å². The third-order valence-electron chi connectivity index (χ3n) is 3.17. The van der Waals surface area contributed by atoms with Crippen LogP contribution in [0.4, 0.5) is 0 Å². The van der Waals surface area contributed by atoms with Crippen LogP contribution in [-0.4, -0.2) is 0 Å². The van der Waals surface area contributed by atoms with Crippen LogP contribution >= 0.6 is 0 Å². The molecule has 0 atom stereocenters. The van der Waals surface area contributed by atoms with Gasteiger partial charge in [0.05, 0.1) is 0 Å². The van der Waals surface area contributed by atoms with Gasteiger partial charge in [-0.25, -0.2) is 0 Å². The van der Waals surface area contributed by atoms with E-state index in [-0.39, 0.29) is 0 Å². The van der Waals surface area contributed by atoms with Crippen molar-refractivity contribution >= 4 is 13.2 Å². The second-order valence-corrected chi connectivity index (χ2v) is 5.82. The molecule has 0 saturated carbocycles. The quantitative estimate of drug-likeness (QED) is 0.490. The first kappa shape index (κ1) is 27.1. The Kier molecular flexibility index (Phi) is 21.2. The van der Waals surface area contributed by atoms with Crippen molar-refractivity contribution in [1.29, 1.82) is 0 Å². The van der Waals surface area contributed by atoms with Gasteiger partial charge in [0.2, 0.25) is 0 Å². The molecule has 0 bridgehead atoms. The first-order chi connectivity index (χ1) is 13.5. The summed E-state index contributed by atoms with van der Waals surface area (Å²) >= 11 is 0. The highest BCUT2D eigenvalue weighted by Crippen LogP contribution is 1.98. The normalized spacial score (nSPS) is 11.6. The lowest BCUT2D eigenvalue weighted by Gasteiger charge is -1.88. The van der Waals surface area contributed by atoms with Crippen molar-refractivity contribution < 1.29 is 0 Å². The van der Waals surface area contributed by atoms with Crippen molar-refractivity contribution in [2.45, 2.75) is 26.2 Å². The molecule has 1 aromatic carbocycles. The highest BCUT2D eigenvalue weighted by Gasteiger charge is 1.77. The second kappa shape index (κ2) is 21.9. The maximum atomic E-state index is 3.76. The van der Waals surface area contributed by atoms with E-state index in [0.717, 1.165) is 22.4 Å². The van der Waals surface area contributed by atoms with E-state index in [4.69, 9.17) is 0 Å². The fraction of sp³-hybridized carbons (Fsp3) is 0.143. The highest BCUT2D eigenvalue weighted by atomic mass is 13.8. The Morgan fingerprint density at radius 1 is 0.750 bits per heavy atom. The molecule has 2 aliphatic carbocycles. The molecule has 0 fully saturated rings. The molecule has 2 aliphatic rings. The molecule has 0 unspecified atom stereocenters. The largest absolute Gasteiger partial charge is 0.0991 e. The summed E-state index contributed by atoms with van der Waals surface area (Å²) in [6.07, 6.45) is 25.5. The molecule has 0 spiro atoms. The average Bonchev–Trinajstić information content (AvgIpc) is 3.33. The predicted octanol–water partition coefficient (Wildman–Crippen LogP) is 7.01. The molecule has 28 heavy (non-hydrogen) atoms. The van der Waals surface area contributed by atoms with Gasteiger partial charge in [0.1, 0.15) is 0 Å². The van der Waals surface area contributed by atoms with Gasteiger partial charge < -0.3 is 0 Å². The minimum Gasteiger partial charge on any atom is -0.0991 e. The molecular formula is C28H36. The molecule has 0 aromatic heterocycles. The van der Waals surface area contributed by atoms with Crippen molar-refractivity contribution in [1.82, 2.24) is 0 Å². The van der Waals surface area contributed by atoms with Gasteiger partial charge in [-0.3, -0.25) is 0 Å². The van der Waals surface area contributed by atoms with Gasteiger partial charge in [-0.05, 0) is 36.6 Å². The molecule has 0 radical (unpaired) electrons. The minimum absolute atomic E-state index is 1.01. The summed E-state index contributed by atoms with van der Waals surface area (Å²) in [6, 6.07) is 7.80. The van der Waals surface area contributed by atoms with Gasteiger partial charge in [-0.2, -0.15) is 0 Å². The van der Waals surface area contributed by atoms with E-state index in [1.807, 2.05) is 31.2 Å². The molecule has 0 nitrogen and oxygen atoms in total. The van der Waals surface area contributed by atoms with Gasteiger partial charge in [-0.1, -0.05) is 136 Å². The molecule has 0 amide bonds. The molecule has 0 aliphatic heterocycles. The SMILES string of the molecule is C1=CCC=C1.C1=CCCC=C1.C=CC(=C)C.C=CC=C.C=c1ccccc1=C. The summed E-state index contributed by atoms with van der Waals surface area (Å²) in [6.45, 7) is 23.2. The van der Waals surface area contributed by atoms with Crippen LogP contribution in [0.2, 0.25) is 0 Å². The van der Waals surface area contributed by atoms with E-state index >= 15 is 0 Å². The van der Waals surface area contributed by atoms with E-state index in [0.29, 0.717) is 0 Å². The summed E-state index contributed by atoms with van der Waals surface area (Å²) in [5.41, 5.74) is 1.02.